The summed E-state index contributed by atoms with van der Waals surface area (Å²) in [5.41, 5.74) is 6.48. The maximum Gasteiger partial charge on any atom is 0.244 e. The molecule has 4 bridgehead atoms. The van der Waals surface area contributed by atoms with Crippen LogP contribution in [0.15, 0.2) is 11.6 Å². The van der Waals surface area contributed by atoms with Crippen molar-refractivity contribution in [2.75, 3.05) is 0 Å². The third-order valence-electron chi connectivity index (χ3n) is 5.00. The topological polar surface area (TPSA) is 43.1 Å². The summed E-state index contributed by atoms with van der Waals surface area (Å²) in [6, 6.07) is 0. The van der Waals surface area contributed by atoms with Crippen LogP contribution in [0.4, 0.5) is 0 Å². The van der Waals surface area contributed by atoms with Gasteiger partial charge in [-0.05, 0) is 68.6 Å². The van der Waals surface area contributed by atoms with Gasteiger partial charge < -0.3 is 5.73 Å². The predicted molar refractivity (Wildman–Crippen MR) is 63.6 cm³/mol. The Balaban J connectivity index is 1.89. The predicted octanol–water partition coefficient (Wildman–Crippen LogP) is 2.63. The van der Waals surface area contributed by atoms with Gasteiger partial charge in [-0.15, -0.1) is 0 Å². The normalized spacial score (nSPS) is 46.1. The Morgan fingerprint density at radius 3 is 1.94 bits per heavy atom. The Morgan fingerprint density at radius 1 is 1.12 bits per heavy atom. The van der Waals surface area contributed by atoms with E-state index in [0.717, 1.165) is 23.3 Å². The molecule has 0 aliphatic heterocycles. The van der Waals surface area contributed by atoms with Crippen LogP contribution < -0.4 is 5.73 Å². The van der Waals surface area contributed by atoms with E-state index in [0.29, 0.717) is 5.41 Å². The van der Waals surface area contributed by atoms with Gasteiger partial charge in [-0.25, -0.2) is 0 Å². The molecule has 4 fully saturated rings. The molecule has 4 rings (SSSR count). The molecule has 4 aliphatic rings. The number of amides is 1. The molecular formula is C14H21NO. The van der Waals surface area contributed by atoms with Crippen molar-refractivity contribution in [1.82, 2.24) is 0 Å². The summed E-state index contributed by atoms with van der Waals surface area (Å²) in [6.07, 6.45) is 10.5. The maximum absolute atomic E-state index is 11.2. The standard InChI is InChI=1S/C14H21NO/c1-9(13(15)16)5-14-6-10-2-11(7-14)4-12(3-10)8-14/h5,10-12H,2-4,6-8H2,1H3,(H2,15,16). The van der Waals surface area contributed by atoms with Gasteiger partial charge in [0.2, 0.25) is 5.91 Å². The van der Waals surface area contributed by atoms with Gasteiger partial charge in [0, 0.05) is 5.57 Å². The van der Waals surface area contributed by atoms with E-state index in [1.165, 1.54) is 38.5 Å². The van der Waals surface area contributed by atoms with Crippen molar-refractivity contribution in [2.24, 2.45) is 28.9 Å². The van der Waals surface area contributed by atoms with E-state index >= 15 is 0 Å². The summed E-state index contributed by atoms with van der Waals surface area (Å²) in [4.78, 5) is 11.2. The quantitative estimate of drug-likeness (QED) is 0.713. The molecule has 0 radical (unpaired) electrons. The number of hydrogen-bond donors (Lipinski definition) is 1. The van der Waals surface area contributed by atoms with E-state index in [9.17, 15) is 4.79 Å². The van der Waals surface area contributed by atoms with Crippen LogP contribution in [0.5, 0.6) is 0 Å². The average Bonchev–Trinajstić information content (AvgIpc) is 2.13. The number of rotatable bonds is 2. The Kier molecular flexibility index (Phi) is 2.17. The fourth-order valence-corrected chi connectivity index (χ4v) is 4.88. The number of primary amides is 1. The molecule has 2 N–H and O–H groups in total. The lowest BCUT2D eigenvalue weighted by Crippen LogP contribution is -2.45. The minimum atomic E-state index is -0.240. The van der Waals surface area contributed by atoms with Gasteiger partial charge in [0.25, 0.3) is 0 Å². The van der Waals surface area contributed by atoms with Crippen molar-refractivity contribution in [3.8, 4) is 0 Å². The van der Waals surface area contributed by atoms with E-state index in [-0.39, 0.29) is 5.91 Å². The molecule has 0 aromatic carbocycles. The molecule has 2 nitrogen and oxygen atoms in total. The van der Waals surface area contributed by atoms with E-state index in [4.69, 9.17) is 5.73 Å². The molecule has 0 aromatic rings. The Morgan fingerprint density at radius 2 is 1.56 bits per heavy atom. The van der Waals surface area contributed by atoms with Gasteiger partial charge in [-0.2, -0.15) is 0 Å². The van der Waals surface area contributed by atoms with Gasteiger partial charge in [-0.1, -0.05) is 6.08 Å². The molecule has 0 unspecified atom stereocenters. The van der Waals surface area contributed by atoms with Gasteiger partial charge in [-0.3, -0.25) is 4.79 Å². The van der Waals surface area contributed by atoms with E-state index in [2.05, 4.69) is 6.08 Å². The molecule has 2 heteroatoms. The van der Waals surface area contributed by atoms with Crippen molar-refractivity contribution < 1.29 is 4.79 Å². The largest absolute Gasteiger partial charge is 0.366 e. The van der Waals surface area contributed by atoms with Crippen molar-refractivity contribution in [1.29, 1.82) is 0 Å². The highest BCUT2D eigenvalue weighted by Crippen LogP contribution is 2.60. The number of nitrogens with two attached hydrogens (primary N) is 1. The van der Waals surface area contributed by atoms with Crippen LogP contribution in [-0.4, -0.2) is 5.91 Å². The first-order valence-corrected chi connectivity index (χ1v) is 6.56. The molecule has 0 heterocycles. The zero-order valence-corrected chi connectivity index (χ0v) is 10.0. The Bertz CT molecular complexity index is 320. The smallest absolute Gasteiger partial charge is 0.244 e. The van der Waals surface area contributed by atoms with Gasteiger partial charge >= 0.3 is 0 Å². The molecule has 88 valence electrons. The van der Waals surface area contributed by atoms with Crippen LogP contribution in [0.25, 0.3) is 0 Å². The molecule has 16 heavy (non-hydrogen) atoms. The van der Waals surface area contributed by atoms with Gasteiger partial charge in [0.1, 0.15) is 0 Å². The molecule has 4 aliphatic carbocycles. The summed E-state index contributed by atoms with van der Waals surface area (Å²) in [6.45, 7) is 1.88. The van der Waals surface area contributed by atoms with Crippen molar-refractivity contribution in [3.05, 3.63) is 11.6 Å². The van der Waals surface area contributed by atoms with Crippen molar-refractivity contribution >= 4 is 5.91 Å². The fraction of sp³-hybridized carbons (Fsp3) is 0.786. The minimum absolute atomic E-state index is 0.240. The lowest BCUT2D eigenvalue weighted by atomic mass is 9.49. The van der Waals surface area contributed by atoms with Crippen LogP contribution in [0.3, 0.4) is 0 Å². The maximum atomic E-state index is 11.2. The van der Waals surface area contributed by atoms with Gasteiger partial charge in [0.15, 0.2) is 0 Å². The van der Waals surface area contributed by atoms with Crippen LogP contribution in [-0.2, 0) is 4.79 Å². The highest BCUT2D eigenvalue weighted by Gasteiger charge is 2.49. The molecule has 4 saturated carbocycles. The second kappa shape index (κ2) is 3.35. The number of carbonyl (C=O) groups is 1. The number of allylic oxidation sites excluding steroid dienone is 1. The zero-order chi connectivity index (χ0) is 11.3. The molecule has 0 aromatic heterocycles. The summed E-state index contributed by atoms with van der Waals surface area (Å²) in [5.74, 6) is 2.56. The molecule has 1 amide bonds. The first kappa shape index (κ1) is 10.4. The summed E-state index contributed by atoms with van der Waals surface area (Å²) in [7, 11) is 0. The minimum Gasteiger partial charge on any atom is -0.366 e. The monoisotopic (exact) mass is 219 g/mol. The first-order chi connectivity index (χ1) is 7.56. The molecular weight excluding hydrogens is 198 g/mol. The lowest BCUT2D eigenvalue weighted by molar-refractivity contribution is -0.114. The fourth-order valence-electron chi connectivity index (χ4n) is 4.88. The number of carbonyl (C=O) groups excluding carboxylic acids is 1. The van der Waals surface area contributed by atoms with E-state index in [1.807, 2.05) is 6.92 Å². The second-order valence-corrected chi connectivity index (χ2v) is 6.47. The summed E-state index contributed by atoms with van der Waals surface area (Å²) >= 11 is 0. The Labute approximate surface area is 97.3 Å². The highest BCUT2D eigenvalue weighted by atomic mass is 16.1. The van der Waals surface area contributed by atoms with E-state index in [1.54, 1.807) is 0 Å². The van der Waals surface area contributed by atoms with Crippen LogP contribution in [0.1, 0.15) is 45.4 Å². The lowest BCUT2D eigenvalue weighted by Gasteiger charge is -2.56. The van der Waals surface area contributed by atoms with Crippen molar-refractivity contribution in [2.45, 2.75) is 45.4 Å². The SMILES string of the molecule is CC(=CC12CC3CC(CC(C3)C1)C2)C(N)=O. The second-order valence-electron chi connectivity index (χ2n) is 6.47. The zero-order valence-electron chi connectivity index (χ0n) is 10.0. The van der Waals surface area contributed by atoms with E-state index < -0.39 is 0 Å². The molecule has 0 saturated heterocycles. The van der Waals surface area contributed by atoms with Crippen LogP contribution >= 0.6 is 0 Å². The number of hydrogen-bond acceptors (Lipinski definition) is 1. The van der Waals surface area contributed by atoms with Crippen LogP contribution in [0.2, 0.25) is 0 Å². The molecule has 0 atom stereocenters. The van der Waals surface area contributed by atoms with Crippen LogP contribution in [0, 0.1) is 23.2 Å². The third kappa shape index (κ3) is 1.59. The van der Waals surface area contributed by atoms with Crippen molar-refractivity contribution in [3.63, 3.8) is 0 Å². The third-order valence-corrected chi connectivity index (χ3v) is 5.00. The van der Waals surface area contributed by atoms with Gasteiger partial charge in [0.05, 0.1) is 0 Å². The highest BCUT2D eigenvalue weighted by molar-refractivity contribution is 5.91. The summed E-state index contributed by atoms with van der Waals surface area (Å²) < 4.78 is 0. The summed E-state index contributed by atoms with van der Waals surface area (Å²) in [5, 5.41) is 0. The first-order valence-electron chi connectivity index (χ1n) is 6.56. The Hall–Kier alpha value is -0.790. The molecule has 0 spiro atoms. The average molecular weight is 219 g/mol.